The first-order chi connectivity index (χ1) is 13.2. The van der Waals surface area contributed by atoms with Gasteiger partial charge in [0.25, 0.3) is 5.91 Å². The van der Waals surface area contributed by atoms with Gasteiger partial charge in [0.05, 0.1) is 22.6 Å². The third kappa shape index (κ3) is 3.48. The zero-order valence-corrected chi connectivity index (χ0v) is 17.4. The van der Waals surface area contributed by atoms with E-state index < -0.39 is 15.9 Å². The molecule has 1 N–H and O–H groups in total. The van der Waals surface area contributed by atoms with Crippen molar-refractivity contribution in [1.29, 1.82) is 0 Å². The number of hydrogen-bond acceptors (Lipinski definition) is 5. The topological polar surface area (TPSA) is 75.7 Å². The number of nitrogens with one attached hydrogen (secondary N) is 1. The van der Waals surface area contributed by atoms with Crippen molar-refractivity contribution in [2.24, 2.45) is 0 Å². The Morgan fingerprint density at radius 2 is 1.93 bits per heavy atom. The molecule has 6 nitrogen and oxygen atoms in total. The zero-order chi connectivity index (χ0) is 20.6. The molecule has 3 rings (SSSR count). The molecule has 0 aliphatic heterocycles. The highest BCUT2D eigenvalue weighted by Gasteiger charge is 2.22. The normalized spacial score (nSPS) is 11.8. The molecule has 9 heteroatoms. The van der Waals surface area contributed by atoms with Crippen LogP contribution in [0.25, 0.3) is 10.1 Å². The van der Waals surface area contributed by atoms with Crippen LogP contribution in [0.1, 0.15) is 15.2 Å². The molecule has 1 amide bonds. The molecule has 0 atom stereocenters. The van der Waals surface area contributed by atoms with Gasteiger partial charge in [-0.1, -0.05) is 6.07 Å². The van der Waals surface area contributed by atoms with Gasteiger partial charge in [0.1, 0.15) is 11.6 Å². The van der Waals surface area contributed by atoms with Crippen molar-refractivity contribution in [1.82, 2.24) is 4.31 Å². The molecule has 148 valence electrons. The number of hydrogen-bond donors (Lipinski definition) is 1. The summed E-state index contributed by atoms with van der Waals surface area (Å²) in [6.45, 7) is 1.68. The number of fused-ring (bicyclic) bond motifs is 1. The lowest BCUT2D eigenvalue weighted by Gasteiger charge is -2.15. The van der Waals surface area contributed by atoms with E-state index in [0.717, 1.165) is 4.31 Å². The standard InChI is InChI=1S/C19H19FN2O4S2/c1-11-17-13(20)6-5-7-16(17)27-18(11)19(23)21-14-10-12(8-9-15(14)26-4)28(24,25)22(2)3/h5-10H,1-4H3,(H,21,23). The predicted molar refractivity (Wildman–Crippen MR) is 108 cm³/mol. The van der Waals surface area contributed by atoms with E-state index in [1.54, 1.807) is 19.1 Å². The summed E-state index contributed by atoms with van der Waals surface area (Å²) in [5, 5.41) is 3.10. The average molecular weight is 423 g/mol. The van der Waals surface area contributed by atoms with Crippen LogP contribution in [0.4, 0.5) is 10.1 Å². The molecule has 0 aliphatic carbocycles. The fourth-order valence-electron chi connectivity index (χ4n) is 2.81. The SMILES string of the molecule is COc1ccc(S(=O)(=O)N(C)C)cc1NC(=O)c1sc2cccc(F)c2c1C. The Kier molecular flexibility index (Phi) is 5.42. The summed E-state index contributed by atoms with van der Waals surface area (Å²) >= 11 is 1.17. The Morgan fingerprint density at radius 3 is 2.54 bits per heavy atom. The molecule has 28 heavy (non-hydrogen) atoms. The van der Waals surface area contributed by atoms with Crippen molar-refractivity contribution < 1.29 is 22.3 Å². The van der Waals surface area contributed by atoms with Gasteiger partial charge in [-0.2, -0.15) is 0 Å². The molecular formula is C19H19FN2O4S2. The van der Waals surface area contributed by atoms with Crippen LogP contribution in [0.3, 0.4) is 0 Å². The molecule has 0 fully saturated rings. The number of methoxy groups -OCH3 is 1. The van der Waals surface area contributed by atoms with Crippen LogP contribution in [0.2, 0.25) is 0 Å². The number of amides is 1. The molecule has 0 saturated heterocycles. The fourth-order valence-corrected chi connectivity index (χ4v) is 4.85. The van der Waals surface area contributed by atoms with Crippen LogP contribution in [-0.4, -0.2) is 39.8 Å². The van der Waals surface area contributed by atoms with Gasteiger partial charge >= 0.3 is 0 Å². The second-order valence-electron chi connectivity index (χ2n) is 6.27. The zero-order valence-electron chi connectivity index (χ0n) is 15.7. The second-order valence-corrected chi connectivity index (χ2v) is 9.48. The summed E-state index contributed by atoms with van der Waals surface area (Å²) in [4.78, 5) is 13.2. The number of rotatable bonds is 5. The van der Waals surface area contributed by atoms with Gasteiger partial charge in [0.15, 0.2) is 0 Å². The van der Waals surface area contributed by atoms with E-state index in [1.165, 1.54) is 56.8 Å². The van der Waals surface area contributed by atoms with Crippen LogP contribution < -0.4 is 10.1 Å². The minimum Gasteiger partial charge on any atom is -0.495 e. The molecule has 2 aromatic carbocycles. The Bertz CT molecular complexity index is 1170. The number of ether oxygens (including phenoxy) is 1. The Morgan fingerprint density at radius 1 is 1.21 bits per heavy atom. The van der Waals surface area contributed by atoms with Gasteiger partial charge < -0.3 is 10.1 Å². The van der Waals surface area contributed by atoms with Crippen molar-refractivity contribution in [3.8, 4) is 5.75 Å². The van der Waals surface area contributed by atoms with Crippen molar-refractivity contribution in [2.45, 2.75) is 11.8 Å². The molecule has 3 aromatic rings. The number of benzene rings is 2. The monoisotopic (exact) mass is 422 g/mol. The van der Waals surface area contributed by atoms with E-state index in [4.69, 9.17) is 4.74 Å². The lowest BCUT2D eigenvalue weighted by atomic mass is 10.1. The van der Waals surface area contributed by atoms with Crippen LogP contribution in [-0.2, 0) is 10.0 Å². The number of carbonyl (C=O) groups is 1. The molecular weight excluding hydrogens is 403 g/mol. The lowest BCUT2D eigenvalue weighted by molar-refractivity contribution is 0.102. The van der Waals surface area contributed by atoms with E-state index in [9.17, 15) is 17.6 Å². The van der Waals surface area contributed by atoms with E-state index in [2.05, 4.69) is 5.32 Å². The number of carbonyl (C=O) groups excluding carboxylic acids is 1. The first-order valence-electron chi connectivity index (χ1n) is 8.26. The summed E-state index contributed by atoms with van der Waals surface area (Å²) in [6.07, 6.45) is 0. The molecule has 0 bridgehead atoms. The predicted octanol–water partition coefficient (Wildman–Crippen LogP) is 3.86. The minimum absolute atomic E-state index is 0.0210. The van der Waals surface area contributed by atoms with E-state index in [1.807, 2.05) is 0 Å². The summed E-state index contributed by atoms with van der Waals surface area (Å²) in [6, 6.07) is 8.91. The third-order valence-corrected chi connectivity index (χ3v) is 7.37. The van der Waals surface area contributed by atoms with Crippen molar-refractivity contribution in [2.75, 3.05) is 26.5 Å². The average Bonchev–Trinajstić information content (AvgIpc) is 2.99. The van der Waals surface area contributed by atoms with Gasteiger partial charge in [-0.15, -0.1) is 11.3 Å². The number of aryl methyl sites for hydroxylation is 1. The van der Waals surface area contributed by atoms with Crippen molar-refractivity contribution in [3.05, 3.63) is 52.7 Å². The number of thiophene rings is 1. The summed E-state index contributed by atoms with van der Waals surface area (Å²) in [5.41, 5.74) is 0.749. The van der Waals surface area contributed by atoms with E-state index >= 15 is 0 Å². The smallest absolute Gasteiger partial charge is 0.266 e. The Hall–Kier alpha value is -2.49. The van der Waals surface area contributed by atoms with Crippen LogP contribution >= 0.6 is 11.3 Å². The maximum atomic E-state index is 14.1. The maximum absolute atomic E-state index is 14.1. The van der Waals surface area contributed by atoms with Crippen LogP contribution in [0, 0.1) is 12.7 Å². The summed E-state index contributed by atoms with van der Waals surface area (Å²) in [5.74, 6) is -0.534. The number of sulfonamides is 1. The van der Waals surface area contributed by atoms with Crippen LogP contribution in [0.15, 0.2) is 41.3 Å². The largest absolute Gasteiger partial charge is 0.495 e. The van der Waals surface area contributed by atoms with Crippen LogP contribution in [0.5, 0.6) is 5.75 Å². The van der Waals surface area contributed by atoms with Gasteiger partial charge in [-0.05, 0) is 42.8 Å². The van der Waals surface area contributed by atoms with Gasteiger partial charge in [-0.3, -0.25) is 4.79 Å². The number of nitrogens with zero attached hydrogens (tertiary/aromatic N) is 1. The lowest BCUT2D eigenvalue weighted by Crippen LogP contribution is -2.22. The highest BCUT2D eigenvalue weighted by molar-refractivity contribution is 7.89. The quantitative estimate of drug-likeness (QED) is 0.678. The van der Waals surface area contributed by atoms with Gasteiger partial charge in [0, 0.05) is 24.2 Å². The third-order valence-electron chi connectivity index (χ3n) is 4.31. The molecule has 0 unspecified atom stereocenters. The molecule has 0 radical (unpaired) electrons. The molecule has 0 saturated carbocycles. The highest BCUT2D eigenvalue weighted by atomic mass is 32.2. The number of halogens is 1. The second kappa shape index (κ2) is 7.50. The molecule has 0 aliphatic rings. The number of anilines is 1. The van der Waals surface area contributed by atoms with Gasteiger partial charge in [0.2, 0.25) is 10.0 Å². The first kappa shape index (κ1) is 20.2. The molecule has 1 heterocycles. The van der Waals surface area contributed by atoms with E-state index in [0.29, 0.717) is 26.3 Å². The van der Waals surface area contributed by atoms with Crippen molar-refractivity contribution >= 4 is 43.0 Å². The highest BCUT2D eigenvalue weighted by Crippen LogP contribution is 2.34. The maximum Gasteiger partial charge on any atom is 0.266 e. The summed E-state index contributed by atoms with van der Waals surface area (Å²) in [7, 11) is 0.589. The fraction of sp³-hybridized carbons (Fsp3) is 0.211. The van der Waals surface area contributed by atoms with E-state index in [-0.39, 0.29) is 16.4 Å². The molecule has 0 spiro atoms. The van der Waals surface area contributed by atoms with Gasteiger partial charge in [-0.25, -0.2) is 17.1 Å². The Balaban J connectivity index is 2.03. The molecule has 1 aromatic heterocycles. The summed E-state index contributed by atoms with van der Waals surface area (Å²) < 4.78 is 45.9. The van der Waals surface area contributed by atoms with Crippen molar-refractivity contribution in [3.63, 3.8) is 0 Å². The minimum atomic E-state index is -3.68. The Labute approximate surface area is 166 Å². The first-order valence-corrected chi connectivity index (χ1v) is 10.5.